The molecular formula is C12H22N2O5. The third kappa shape index (κ3) is 8.39. The quantitative estimate of drug-likeness (QED) is 0.555. The molecule has 0 aromatic heterocycles. The minimum absolute atomic E-state index is 0.186. The van der Waals surface area contributed by atoms with Gasteiger partial charge in [-0.15, -0.1) is 0 Å². The molecule has 0 aromatic carbocycles. The average molecular weight is 274 g/mol. The highest BCUT2D eigenvalue weighted by Crippen LogP contribution is 2.14. The van der Waals surface area contributed by atoms with Gasteiger partial charge in [-0.3, -0.25) is 0 Å². The summed E-state index contributed by atoms with van der Waals surface area (Å²) >= 11 is 0. The van der Waals surface area contributed by atoms with Crippen LogP contribution in [0.2, 0.25) is 0 Å². The summed E-state index contributed by atoms with van der Waals surface area (Å²) in [5, 5.41) is 13.6. The zero-order valence-corrected chi connectivity index (χ0v) is 11.0. The van der Waals surface area contributed by atoms with Crippen molar-refractivity contribution < 1.29 is 24.2 Å². The Balaban J connectivity index is 1.91. The lowest BCUT2D eigenvalue weighted by Crippen LogP contribution is -2.39. The van der Waals surface area contributed by atoms with Crippen molar-refractivity contribution in [2.75, 3.05) is 32.9 Å². The van der Waals surface area contributed by atoms with Gasteiger partial charge in [0.05, 0.1) is 12.7 Å². The van der Waals surface area contributed by atoms with Crippen molar-refractivity contribution in [1.82, 2.24) is 10.6 Å². The molecule has 7 heteroatoms. The van der Waals surface area contributed by atoms with Crippen LogP contribution in [0.4, 0.5) is 4.79 Å². The molecule has 1 saturated heterocycles. The summed E-state index contributed by atoms with van der Waals surface area (Å²) in [4.78, 5) is 21.5. The van der Waals surface area contributed by atoms with Crippen molar-refractivity contribution in [3.05, 3.63) is 0 Å². The van der Waals surface area contributed by atoms with E-state index in [1.807, 2.05) is 0 Å². The first-order valence-electron chi connectivity index (χ1n) is 6.61. The Kier molecular flexibility index (Phi) is 7.92. The summed E-state index contributed by atoms with van der Waals surface area (Å²) in [6.07, 6.45) is 4.46. The van der Waals surface area contributed by atoms with Crippen LogP contribution < -0.4 is 10.6 Å². The second-order valence-electron chi connectivity index (χ2n) is 4.41. The molecule has 19 heavy (non-hydrogen) atoms. The van der Waals surface area contributed by atoms with Crippen molar-refractivity contribution in [3.8, 4) is 0 Å². The number of carbonyl (C=O) groups is 2. The molecule has 1 unspecified atom stereocenters. The number of nitrogens with one attached hydrogen (secondary N) is 2. The fourth-order valence-corrected chi connectivity index (χ4v) is 1.84. The Morgan fingerprint density at radius 3 is 2.74 bits per heavy atom. The van der Waals surface area contributed by atoms with Gasteiger partial charge in [0.25, 0.3) is 0 Å². The number of amides is 2. The molecule has 1 rings (SSSR count). The topological polar surface area (TPSA) is 96.9 Å². The fraction of sp³-hybridized carbons (Fsp3) is 0.833. The van der Waals surface area contributed by atoms with E-state index in [2.05, 4.69) is 10.6 Å². The minimum atomic E-state index is -1.02. The van der Waals surface area contributed by atoms with Gasteiger partial charge in [-0.2, -0.15) is 0 Å². The van der Waals surface area contributed by atoms with Crippen molar-refractivity contribution >= 4 is 12.0 Å². The van der Waals surface area contributed by atoms with Crippen molar-refractivity contribution in [2.45, 2.75) is 31.8 Å². The van der Waals surface area contributed by atoms with Crippen LogP contribution in [0.25, 0.3) is 0 Å². The second-order valence-corrected chi connectivity index (χ2v) is 4.41. The normalized spacial score (nSPS) is 18.8. The largest absolute Gasteiger partial charge is 0.480 e. The molecule has 0 radical (unpaired) electrons. The van der Waals surface area contributed by atoms with Crippen molar-refractivity contribution in [1.29, 1.82) is 0 Å². The molecular weight excluding hydrogens is 252 g/mol. The predicted molar refractivity (Wildman–Crippen MR) is 68.1 cm³/mol. The average Bonchev–Trinajstić information content (AvgIpc) is 2.39. The summed E-state index contributed by atoms with van der Waals surface area (Å²) in [5.74, 6) is -1.02. The highest BCUT2D eigenvalue weighted by molar-refractivity contribution is 5.73. The van der Waals surface area contributed by atoms with Gasteiger partial charge in [-0.1, -0.05) is 0 Å². The van der Waals surface area contributed by atoms with Crippen LogP contribution in [0.1, 0.15) is 25.7 Å². The van der Waals surface area contributed by atoms with E-state index in [0.717, 1.165) is 25.9 Å². The number of carbonyl (C=O) groups excluding carboxylic acids is 1. The van der Waals surface area contributed by atoms with E-state index in [1.165, 1.54) is 6.42 Å². The van der Waals surface area contributed by atoms with Gasteiger partial charge in [0, 0.05) is 19.7 Å². The molecule has 2 amide bonds. The molecule has 3 N–H and O–H groups in total. The molecule has 0 aromatic rings. The molecule has 1 heterocycles. The van der Waals surface area contributed by atoms with Crippen molar-refractivity contribution in [2.24, 2.45) is 0 Å². The molecule has 110 valence electrons. The van der Waals surface area contributed by atoms with Gasteiger partial charge in [0.2, 0.25) is 0 Å². The van der Waals surface area contributed by atoms with Gasteiger partial charge in [-0.25, -0.2) is 9.59 Å². The molecule has 7 nitrogen and oxygen atoms in total. The van der Waals surface area contributed by atoms with Crippen LogP contribution in [-0.2, 0) is 14.3 Å². The van der Waals surface area contributed by atoms with Gasteiger partial charge in [0.15, 0.2) is 0 Å². The Morgan fingerprint density at radius 1 is 1.26 bits per heavy atom. The number of ether oxygens (including phenoxy) is 2. The maximum atomic E-state index is 11.3. The maximum Gasteiger partial charge on any atom is 0.329 e. The van der Waals surface area contributed by atoms with Crippen molar-refractivity contribution in [3.63, 3.8) is 0 Å². The van der Waals surface area contributed by atoms with E-state index in [0.29, 0.717) is 13.1 Å². The molecule has 0 bridgehead atoms. The lowest BCUT2D eigenvalue weighted by atomic mass is 10.1. The van der Waals surface area contributed by atoms with Crippen LogP contribution in [0.15, 0.2) is 0 Å². The summed E-state index contributed by atoms with van der Waals surface area (Å²) in [7, 11) is 0. The number of urea groups is 1. The molecule has 0 saturated carbocycles. The number of hydrogen-bond donors (Lipinski definition) is 3. The summed E-state index contributed by atoms with van der Waals surface area (Å²) in [6, 6.07) is -0.269. The third-order valence-corrected chi connectivity index (χ3v) is 2.78. The zero-order valence-electron chi connectivity index (χ0n) is 11.0. The summed E-state index contributed by atoms with van der Waals surface area (Å²) in [5.41, 5.74) is 0. The smallest absolute Gasteiger partial charge is 0.329 e. The highest BCUT2D eigenvalue weighted by atomic mass is 16.5. The Hall–Kier alpha value is -1.34. The van der Waals surface area contributed by atoms with E-state index in [4.69, 9.17) is 14.6 Å². The molecule has 1 aliphatic heterocycles. The number of aliphatic carboxylic acids is 1. The van der Waals surface area contributed by atoms with E-state index < -0.39 is 5.97 Å². The van der Waals surface area contributed by atoms with E-state index in [-0.39, 0.29) is 25.3 Å². The molecule has 0 aliphatic carbocycles. The first kappa shape index (κ1) is 15.7. The lowest BCUT2D eigenvalue weighted by molar-refractivity contribution is -0.142. The monoisotopic (exact) mass is 274 g/mol. The van der Waals surface area contributed by atoms with Crippen LogP contribution in [0, 0.1) is 0 Å². The summed E-state index contributed by atoms with van der Waals surface area (Å²) in [6.45, 7) is 1.52. The zero-order chi connectivity index (χ0) is 13.9. The van der Waals surface area contributed by atoms with Gasteiger partial charge in [0.1, 0.15) is 6.61 Å². The van der Waals surface area contributed by atoms with Gasteiger partial charge in [-0.05, 0) is 25.7 Å². The third-order valence-electron chi connectivity index (χ3n) is 2.78. The van der Waals surface area contributed by atoms with E-state index in [1.54, 1.807) is 0 Å². The molecule has 0 spiro atoms. The SMILES string of the molecule is O=C(O)COCCNC(=O)NCCC1CCCCO1. The van der Waals surface area contributed by atoms with Crippen LogP contribution in [0.5, 0.6) is 0 Å². The molecule has 1 aliphatic rings. The first-order valence-corrected chi connectivity index (χ1v) is 6.61. The van der Waals surface area contributed by atoms with E-state index in [9.17, 15) is 9.59 Å². The Bertz CT molecular complexity index is 279. The first-order chi connectivity index (χ1) is 9.18. The molecule has 1 fully saturated rings. The van der Waals surface area contributed by atoms with Gasteiger partial charge < -0.3 is 25.2 Å². The highest BCUT2D eigenvalue weighted by Gasteiger charge is 2.13. The maximum absolute atomic E-state index is 11.3. The van der Waals surface area contributed by atoms with Crippen LogP contribution in [0.3, 0.4) is 0 Å². The van der Waals surface area contributed by atoms with Gasteiger partial charge >= 0.3 is 12.0 Å². The lowest BCUT2D eigenvalue weighted by Gasteiger charge is -2.22. The van der Waals surface area contributed by atoms with Crippen LogP contribution in [-0.4, -0.2) is 56.1 Å². The molecule has 1 atom stereocenters. The summed E-state index contributed by atoms with van der Waals surface area (Å²) < 4.78 is 10.3. The van der Waals surface area contributed by atoms with Crippen LogP contribution >= 0.6 is 0 Å². The standard InChI is InChI=1S/C12H22N2O5/c15-11(16)9-18-8-6-14-12(17)13-5-4-10-3-1-2-7-19-10/h10H,1-9H2,(H,15,16)(H2,13,14,17). The fourth-order valence-electron chi connectivity index (χ4n) is 1.84. The second kappa shape index (κ2) is 9.57. The number of carboxylic acid groups (broad SMARTS) is 1. The number of carboxylic acids is 1. The Labute approximate surface area is 112 Å². The number of hydrogen-bond acceptors (Lipinski definition) is 4. The van der Waals surface area contributed by atoms with E-state index >= 15 is 0 Å². The minimum Gasteiger partial charge on any atom is -0.480 e. The Morgan fingerprint density at radius 2 is 2.05 bits per heavy atom. The predicted octanol–water partition coefficient (Wildman–Crippen LogP) is 0.346. The number of rotatable bonds is 8.